The van der Waals surface area contributed by atoms with Crippen LogP contribution in [0.2, 0.25) is 49.9 Å². The largest absolute Gasteiger partial charge is 0.469 e. The van der Waals surface area contributed by atoms with E-state index in [-0.39, 0.29) is 17.5 Å². The third kappa shape index (κ3) is 4.55. The third-order valence-electron chi connectivity index (χ3n) is 4.59. The summed E-state index contributed by atoms with van der Waals surface area (Å²) >= 11 is 0. The molecule has 0 N–H and O–H groups in total. The van der Waals surface area contributed by atoms with Crippen molar-refractivity contribution in [3.05, 3.63) is 12.7 Å². The fourth-order valence-electron chi connectivity index (χ4n) is 2.84. The van der Waals surface area contributed by atoms with Gasteiger partial charge in [0.2, 0.25) is 0 Å². The van der Waals surface area contributed by atoms with Gasteiger partial charge in [0.05, 0.1) is 40.9 Å². The van der Waals surface area contributed by atoms with E-state index >= 15 is 0 Å². The fraction of sp³-hybridized carbons (Fsp3) is 0.750. The summed E-state index contributed by atoms with van der Waals surface area (Å²) in [5, 5.41) is -0.650. The van der Waals surface area contributed by atoms with Crippen LogP contribution in [0.25, 0.3) is 0 Å². The molecule has 0 aromatic carbocycles. The molecule has 0 amide bonds. The molecule has 22 heavy (non-hydrogen) atoms. The van der Waals surface area contributed by atoms with Crippen molar-refractivity contribution in [3.8, 4) is 0 Å². The molecule has 2 unspecified atom stereocenters. The smallest absolute Gasteiger partial charge is 0.309 e. The highest BCUT2D eigenvalue weighted by molar-refractivity contribution is 6.83. The number of esters is 2. The van der Waals surface area contributed by atoms with E-state index in [0.29, 0.717) is 12.8 Å². The lowest BCUT2D eigenvalue weighted by atomic mass is 9.97. The maximum Gasteiger partial charge on any atom is 0.309 e. The van der Waals surface area contributed by atoms with Crippen LogP contribution in [0.1, 0.15) is 12.8 Å². The Morgan fingerprint density at radius 2 is 1.59 bits per heavy atom. The van der Waals surface area contributed by atoms with Gasteiger partial charge in [-0.15, -0.1) is 6.58 Å². The van der Waals surface area contributed by atoms with Crippen LogP contribution in [-0.4, -0.2) is 42.3 Å². The molecular weight excluding hydrogens is 312 g/mol. The van der Waals surface area contributed by atoms with E-state index in [2.05, 4.69) is 45.9 Å². The molecule has 0 radical (unpaired) electrons. The van der Waals surface area contributed by atoms with Gasteiger partial charge in [-0.3, -0.25) is 9.59 Å². The molecule has 0 aliphatic heterocycles. The second kappa shape index (κ2) is 7.59. The van der Waals surface area contributed by atoms with E-state index < -0.39 is 21.2 Å². The maximum atomic E-state index is 12.7. The first-order valence-corrected chi connectivity index (χ1v) is 14.7. The Bertz CT molecular complexity index is 421. The predicted molar refractivity (Wildman–Crippen MR) is 96.6 cm³/mol. The lowest BCUT2D eigenvalue weighted by Gasteiger charge is -2.44. The lowest BCUT2D eigenvalue weighted by molar-refractivity contribution is -0.146. The molecule has 6 heteroatoms. The molecule has 0 heterocycles. The van der Waals surface area contributed by atoms with Gasteiger partial charge in [0, 0.05) is 0 Å². The van der Waals surface area contributed by atoms with Gasteiger partial charge in [-0.2, -0.15) is 0 Å². The van der Waals surface area contributed by atoms with Crippen molar-refractivity contribution in [1.82, 2.24) is 0 Å². The first-order chi connectivity index (χ1) is 9.87. The third-order valence-corrected chi connectivity index (χ3v) is 10.6. The van der Waals surface area contributed by atoms with E-state index in [4.69, 9.17) is 9.47 Å². The zero-order chi connectivity index (χ0) is 17.8. The second-order valence-corrected chi connectivity index (χ2v) is 18.8. The monoisotopic (exact) mass is 344 g/mol. The van der Waals surface area contributed by atoms with E-state index in [9.17, 15) is 9.59 Å². The summed E-state index contributed by atoms with van der Waals surface area (Å²) in [6, 6.07) is 0. The number of allylic oxidation sites excluding steroid dienone is 1. The number of hydrogen-bond donors (Lipinski definition) is 0. The van der Waals surface area contributed by atoms with Crippen molar-refractivity contribution >= 4 is 28.1 Å². The maximum absolute atomic E-state index is 12.7. The van der Waals surface area contributed by atoms with Gasteiger partial charge in [-0.05, 0) is 12.8 Å². The SMILES string of the molecule is C=CCC(CC(C(=O)OC)[Si](C)(C)C)(C(=O)OC)[Si](C)(C)C. The number of hydrogen-bond acceptors (Lipinski definition) is 4. The first-order valence-electron chi connectivity index (χ1n) is 7.64. The van der Waals surface area contributed by atoms with E-state index in [1.807, 2.05) is 0 Å². The Morgan fingerprint density at radius 3 is 1.86 bits per heavy atom. The highest BCUT2D eigenvalue weighted by Gasteiger charge is 2.53. The van der Waals surface area contributed by atoms with Gasteiger partial charge in [-0.25, -0.2) is 0 Å². The molecule has 2 atom stereocenters. The Hall–Kier alpha value is -0.886. The number of ether oxygens (including phenoxy) is 2. The standard InChI is InChI=1S/C16H32O4Si2/c1-10-11-16(15(18)20-3,22(7,8)9)12-13(14(17)19-2)21(4,5)6/h10,13H,1,11-12H2,2-9H3. The molecule has 0 saturated carbocycles. The topological polar surface area (TPSA) is 52.6 Å². The Balaban J connectivity index is 6.03. The molecule has 0 fully saturated rings. The quantitative estimate of drug-likeness (QED) is 0.378. The van der Waals surface area contributed by atoms with Gasteiger partial charge in [0.25, 0.3) is 0 Å². The molecular formula is C16H32O4Si2. The van der Waals surface area contributed by atoms with E-state index in [0.717, 1.165) is 0 Å². The minimum Gasteiger partial charge on any atom is -0.469 e. The van der Waals surface area contributed by atoms with Crippen molar-refractivity contribution in [2.75, 3.05) is 14.2 Å². The van der Waals surface area contributed by atoms with Crippen LogP contribution in [0, 0.1) is 0 Å². The van der Waals surface area contributed by atoms with E-state index in [1.54, 1.807) is 6.08 Å². The van der Waals surface area contributed by atoms with Gasteiger partial charge < -0.3 is 9.47 Å². The number of rotatable bonds is 8. The molecule has 0 saturated heterocycles. The predicted octanol–water partition coefficient (Wildman–Crippen LogP) is 4.09. The highest BCUT2D eigenvalue weighted by Crippen LogP contribution is 2.51. The minimum absolute atomic E-state index is 0.213. The number of carbonyl (C=O) groups is 2. The molecule has 4 nitrogen and oxygen atoms in total. The van der Waals surface area contributed by atoms with Gasteiger partial charge in [-0.1, -0.05) is 45.4 Å². The van der Waals surface area contributed by atoms with Crippen LogP contribution in [0.5, 0.6) is 0 Å². The molecule has 0 spiro atoms. The second-order valence-electron chi connectivity index (χ2n) is 7.96. The summed E-state index contributed by atoms with van der Waals surface area (Å²) in [6.45, 7) is 16.7. The Kier molecular flexibility index (Phi) is 7.28. The molecule has 0 aromatic heterocycles. The molecule has 0 aromatic rings. The molecule has 0 bridgehead atoms. The van der Waals surface area contributed by atoms with Crippen LogP contribution in [0.15, 0.2) is 12.7 Å². The summed E-state index contributed by atoms with van der Waals surface area (Å²) in [4.78, 5) is 25.0. The summed E-state index contributed by atoms with van der Waals surface area (Å²) in [7, 11) is -0.982. The lowest BCUT2D eigenvalue weighted by Crippen LogP contribution is -2.49. The first kappa shape index (κ1) is 21.1. The van der Waals surface area contributed by atoms with Crippen LogP contribution in [0.4, 0.5) is 0 Å². The van der Waals surface area contributed by atoms with Crippen LogP contribution in [0.3, 0.4) is 0 Å². The Morgan fingerprint density at radius 1 is 1.09 bits per heavy atom. The van der Waals surface area contributed by atoms with Crippen molar-refractivity contribution in [2.45, 2.75) is 62.7 Å². The highest BCUT2D eigenvalue weighted by atomic mass is 28.3. The van der Waals surface area contributed by atoms with E-state index in [1.165, 1.54) is 14.2 Å². The molecule has 128 valence electrons. The number of methoxy groups -OCH3 is 2. The molecule has 0 aliphatic carbocycles. The zero-order valence-corrected chi connectivity index (χ0v) is 17.4. The molecule has 0 aliphatic rings. The number of carbonyl (C=O) groups excluding carboxylic acids is 2. The summed E-state index contributed by atoms with van der Waals surface area (Å²) in [5.74, 6) is -0.437. The summed E-state index contributed by atoms with van der Waals surface area (Å²) in [6.07, 6.45) is 2.80. The minimum atomic E-state index is -1.97. The summed E-state index contributed by atoms with van der Waals surface area (Å²) in [5.41, 5.74) is -0.233. The average molecular weight is 345 g/mol. The van der Waals surface area contributed by atoms with Crippen LogP contribution < -0.4 is 0 Å². The van der Waals surface area contributed by atoms with Crippen LogP contribution >= 0.6 is 0 Å². The van der Waals surface area contributed by atoms with Crippen LogP contribution in [-0.2, 0) is 19.1 Å². The van der Waals surface area contributed by atoms with Gasteiger partial charge >= 0.3 is 11.9 Å². The van der Waals surface area contributed by atoms with Crippen molar-refractivity contribution < 1.29 is 19.1 Å². The normalized spacial score (nSPS) is 16.4. The molecule has 0 rings (SSSR count). The van der Waals surface area contributed by atoms with Crippen molar-refractivity contribution in [2.24, 2.45) is 0 Å². The zero-order valence-electron chi connectivity index (χ0n) is 15.4. The average Bonchev–Trinajstić information content (AvgIpc) is 2.38. The Labute approximate surface area is 137 Å². The van der Waals surface area contributed by atoms with Crippen molar-refractivity contribution in [1.29, 1.82) is 0 Å². The fourth-order valence-corrected chi connectivity index (χ4v) is 7.12. The van der Waals surface area contributed by atoms with Crippen molar-refractivity contribution in [3.63, 3.8) is 0 Å². The van der Waals surface area contributed by atoms with Gasteiger partial charge in [0.1, 0.15) is 0 Å². The summed E-state index contributed by atoms with van der Waals surface area (Å²) < 4.78 is 10.2. The van der Waals surface area contributed by atoms with Gasteiger partial charge in [0.15, 0.2) is 0 Å².